The second-order valence-corrected chi connectivity index (χ2v) is 5.77. The zero-order chi connectivity index (χ0) is 14.5. The highest BCUT2D eigenvalue weighted by atomic mass is 127. The van der Waals surface area contributed by atoms with Crippen LogP contribution in [0.15, 0.2) is 12.5 Å². The number of aryl methyl sites for hydroxylation is 2. The minimum Gasteiger partial charge on any atom is -0.369 e. The van der Waals surface area contributed by atoms with Crippen molar-refractivity contribution in [3.63, 3.8) is 0 Å². The normalized spacial score (nSPS) is 10.8. The first kappa shape index (κ1) is 15.2. The van der Waals surface area contributed by atoms with Crippen LogP contribution in [0.25, 0.3) is 11.5 Å². The Labute approximate surface area is 133 Å². The van der Waals surface area contributed by atoms with E-state index in [0.717, 1.165) is 52.5 Å². The molecule has 0 aromatic carbocycles. The fraction of sp³-hybridized carbons (Fsp3) is 0.500. The molecule has 0 fully saturated rings. The van der Waals surface area contributed by atoms with E-state index in [1.807, 2.05) is 19.4 Å². The predicted octanol–water partition coefficient (Wildman–Crippen LogP) is 3.49. The van der Waals surface area contributed by atoms with Crippen LogP contribution in [0.2, 0.25) is 0 Å². The SMILES string of the molecule is CCCNc1nc(-c2cncn2CCC)nc(C)c1I. The molecule has 2 aromatic rings. The summed E-state index contributed by atoms with van der Waals surface area (Å²) in [4.78, 5) is 13.5. The lowest BCUT2D eigenvalue weighted by Crippen LogP contribution is -2.09. The third kappa shape index (κ3) is 3.28. The van der Waals surface area contributed by atoms with E-state index in [0.29, 0.717) is 0 Å². The molecule has 20 heavy (non-hydrogen) atoms. The largest absolute Gasteiger partial charge is 0.369 e. The highest BCUT2D eigenvalue weighted by Crippen LogP contribution is 2.23. The van der Waals surface area contributed by atoms with Crippen molar-refractivity contribution in [3.05, 3.63) is 21.8 Å². The van der Waals surface area contributed by atoms with Crippen molar-refractivity contribution < 1.29 is 0 Å². The number of halogens is 1. The van der Waals surface area contributed by atoms with Crippen molar-refractivity contribution >= 4 is 28.4 Å². The van der Waals surface area contributed by atoms with Crippen LogP contribution < -0.4 is 5.32 Å². The molecule has 2 rings (SSSR count). The summed E-state index contributed by atoms with van der Waals surface area (Å²) < 4.78 is 3.19. The monoisotopic (exact) mass is 385 g/mol. The van der Waals surface area contributed by atoms with Crippen molar-refractivity contribution in [1.82, 2.24) is 19.5 Å². The third-order valence-corrected chi connectivity index (χ3v) is 4.26. The number of anilines is 1. The highest BCUT2D eigenvalue weighted by molar-refractivity contribution is 14.1. The molecule has 0 aliphatic heterocycles. The summed E-state index contributed by atoms with van der Waals surface area (Å²) in [6.45, 7) is 8.16. The molecular weight excluding hydrogens is 365 g/mol. The maximum absolute atomic E-state index is 4.67. The van der Waals surface area contributed by atoms with Crippen LogP contribution in [0, 0.1) is 10.5 Å². The van der Waals surface area contributed by atoms with Gasteiger partial charge in [-0.2, -0.15) is 0 Å². The number of imidazole rings is 1. The molecule has 0 saturated heterocycles. The molecule has 0 spiro atoms. The Balaban J connectivity index is 2.41. The van der Waals surface area contributed by atoms with Gasteiger partial charge in [0.2, 0.25) is 0 Å². The average Bonchev–Trinajstić information content (AvgIpc) is 2.89. The number of hydrogen-bond acceptors (Lipinski definition) is 4. The van der Waals surface area contributed by atoms with Crippen molar-refractivity contribution in [2.24, 2.45) is 0 Å². The lowest BCUT2D eigenvalue weighted by molar-refractivity contribution is 0.681. The van der Waals surface area contributed by atoms with Crippen molar-refractivity contribution in [1.29, 1.82) is 0 Å². The number of rotatable bonds is 6. The van der Waals surface area contributed by atoms with Crippen molar-refractivity contribution in [3.8, 4) is 11.5 Å². The van der Waals surface area contributed by atoms with Gasteiger partial charge >= 0.3 is 0 Å². The minimum atomic E-state index is 0.743. The predicted molar refractivity (Wildman–Crippen MR) is 89.8 cm³/mol. The molecule has 0 unspecified atom stereocenters. The van der Waals surface area contributed by atoms with Crippen LogP contribution >= 0.6 is 22.6 Å². The molecule has 2 aromatic heterocycles. The maximum Gasteiger partial charge on any atom is 0.180 e. The topological polar surface area (TPSA) is 55.6 Å². The standard InChI is InChI=1S/C14H20IN5/c1-4-6-17-14-12(15)10(3)18-13(19-14)11-8-16-9-20(11)7-5-2/h8-9H,4-7H2,1-3H3,(H,17,18,19). The summed E-state index contributed by atoms with van der Waals surface area (Å²) in [6, 6.07) is 0. The highest BCUT2D eigenvalue weighted by Gasteiger charge is 2.13. The van der Waals surface area contributed by atoms with Gasteiger partial charge in [-0.05, 0) is 42.4 Å². The van der Waals surface area contributed by atoms with Crippen LogP contribution in [-0.4, -0.2) is 26.1 Å². The van der Waals surface area contributed by atoms with Gasteiger partial charge in [0, 0.05) is 13.1 Å². The quantitative estimate of drug-likeness (QED) is 0.774. The van der Waals surface area contributed by atoms with Crippen molar-refractivity contribution in [2.45, 2.75) is 40.2 Å². The van der Waals surface area contributed by atoms with Gasteiger partial charge in [0.1, 0.15) is 11.5 Å². The number of nitrogens with zero attached hydrogens (tertiary/aromatic N) is 4. The van der Waals surface area contributed by atoms with Gasteiger partial charge in [-0.3, -0.25) is 0 Å². The van der Waals surface area contributed by atoms with E-state index < -0.39 is 0 Å². The van der Waals surface area contributed by atoms with E-state index in [4.69, 9.17) is 0 Å². The van der Waals surface area contributed by atoms with E-state index >= 15 is 0 Å². The first-order chi connectivity index (χ1) is 9.67. The molecule has 0 bridgehead atoms. The molecule has 108 valence electrons. The summed E-state index contributed by atoms with van der Waals surface area (Å²) >= 11 is 2.29. The van der Waals surface area contributed by atoms with Crippen molar-refractivity contribution in [2.75, 3.05) is 11.9 Å². The second-order valence-electron chi connectivity index (χ2n) is 4.69. The van der Waals surface area contributed by atoms with E-state index in [9.17, 15) is 0 Å². The maximum atomic E-state index is 4.67. The van der Waals surface area contributed by atoms with Gasteiger partial charge in [-0.25, -0.2) is 15.0 Å². The van der Waals surface area contributed by atoms with Gasteiger partial charge in [-0.15, -0.1) is 0 Å². The molecule has 0 aliphatic rings. The van der Waals surface area contributed by atoms with Gasteiger partial charge in [-0.1, -0.05) is 13.8 Å². The lowest BCUT2D eigenvalue weighted by Gasteiger charge is -2.11. The van der Waals surface area contributed by atoms with Gasteiger partial charge < -0.3 is 9.88 Å². The Bertz CT molecular complexity index is 579. The van der Waals surface area contributed by atoms with Crippen LogP contribution in [-0.2, 0) is 6.54 Å². The molecule has 0 saturated carbocycles. The Hall–Kier alpha value is -1.18. The van der Waals surface area contributed by atoms with E-state index in [2.05, 4.69) is 61.3 Å². The van der Waals surface area contributed by atoms with E-state index in [1.54, 1.807) is 0 Å². The third-order valence-electron chi connectivity index (χ3n) is 2.97. The molecular formula is C14H20IN5. The van der Waals surface area contributed by atoms with Crippen LogP contribution in [0.4, 0.5) is 5.82 Å². The molecule has 0 radical (unpaired) electrons. The van der Waals surface area contributed by atoms with E-state index in [-0.39, 0.29) is 0 Å². The smallest absolute Gasteiger partial charge is 0.180 e. The van der Waals surface area contributed by atoms with Gasteiger partial charge in [0.05, 0.1) is 21.8 Å². The molecule has 0 atom stereocenters. The fourth-order valence-corrected chi connectivity index (χ4v) is 2.39. The summed E-state index contributed by atoms with van der Waals surface area (Å²) in [6.07, 6.45) is 5.81. The molecule has 0 amide bonds. The number of hydrogen-bond donors (Lipinski definition) is 1. The summed E-state index contributed by atoms with van der Waals surface area (Å²) in [5, 5.41) is 3.37. The zero-order valence-electron chi connectivity index (χ0n) is 12.1. The fourth-order valence-electron chi connectivity index (χ4n) is 1.96. The molecule has 0 aliphatic carbocycles. The number of nitrogens with one attached hydrogen (secondary N) is 1. The molecule has 2 heterocycles. The second kappa shape index (κ2) is 7.01. The average molecular weight is 385 g/mol. The Morgan fingerprint density at radius 1 is 1.25 bits per heavy atom. The Morgan fingerprint density at radius 2 is 2.05 bits per heavy atom. The van der Waals surface area contributed by atoms with Crippen LogP contribution in [0.5, 0.6) is 0 Å². The first-order valence-electron chi connectivity index (χ1n) is 6.95. The van der Waals surface area contributed by atoms with Gasteiger partial charge in [0.25, 0.3) is 0 Å². The lowest BCUT2D eigenvalue weighted by atomic mass is 10.3. The molecule has 6 heteroatoms. The Morgan fingerprint density at radius 3 is 2.75 bits per heavy atom. The molecule has 1 N–H and O–H groups in total. The summed E-state index contributed by atoms with van der Waals surface area (Å²) in [7, 11) is 0. The minimum absolute atomic E-state index is 0.743. The zero-order valence-corrected chi connectivity index (χ0v) is 14.3. The van der Waals surface area contributed by atoms with Crippen LogP contribution in [0.3, 0.4) is 0 Å². The summed E-state index contributed by atoms with van der Waals surface area (Å²) in [5.41, 5.74) is 1.98. The molecule has 5 nitrogen and oxygen atoms in total. The first-order valence-corrected chi connectivity index (χ1v) is 8.03. The number of aromatic nitrogens is 4. The summed E-state index contributed by atoms with van der Waals surface area (Å²) in [5.74, 6) is 1.66. The van der Waals surface area contributed by atoms with Crippen LogP contribution in [0.1, 0.15) is 32.4 Å². The van der Waals surface area contributed by atoms with E-state index in [1.165, 1.54) is 0 Å². The Kier molecular flexibility index (Phi) is 5.33. The van der Waals surface area contributed by atoms with Gasteiger partial charge in [0.15, 0.2) is 5.82 Å².